The fourth-order valence-corrected chi connectivity index (χ4v) is 2.60. The molecule has 102 valence electrons. The number of aliphatic carboxylic acids is 2. The number of hydrogen-bond donors (Lipinski definition) is 2. The minimum Gasteiger partial charge on any atom is -0.480 e. The average Bonchev–Trinajstić information content (AvgIpc) is 2.39. The minimum atomic E-state index is -0.943. The Kier molecular flexibility index (Phi) is 4.16. The van der Waals surface area contributed by atoms with Crippen LogP contribution >= 0.6 is 0 Å². The topological polar surface area (TPSA) is 77.8 Å². The van der Waals surface area contributed by atoms with Crippen LogP contribution in [0.5, 0.6) is 0 Å². The Morgan fingerprint density at radius 1 is 1.05 bits per heavy atom. The summed E-state index contributed by atoms with van der Waals surface area (Å²) >= 11 is 0. The van der Waals surface area contributed by atoms with E-state index in [1.807, 2.05) is 30.3 Å². The third-order valence-corrected chi connectivity index (χ3v) is 3.53. The second kappa shape index (κ2) is 5.84. The molecule has 1 heterocycles. The number of piperidine rings is 1. The van der Waals surface area contributed by atoms with Crippen molar-refractivity contribution in [3.05, 3.63) is 35.9 Å². The van der Waals surface area contributed by atoms with Crippen LogP contribution in [0.2, 0.25) is 0 Å². The van der Waals surface area contributed by atoms with Gasteiger partial charge < -0.3 is 10.2 Å². The smallest absolute Gasteiger partial charge is 0.320 e. The first-order chi connectivity index (χ1) is 9.09. The summed E-state index contributed by atoms with van der Waals surface area (Å²) in [5.74, 6) is -1.89. The highest BCUT2D eigenvalue weighted by Gasteiger charge is 2.38. The van der Waals surface area contributed by atoms with Gasteiger partial charge >= 0.3 is 11.9 Å². The lowest BCUT2D eigenvalue weighted by Gasteiger charge is -2.37. The van der Waals surface area contributed by atoms with Crippen LogP contribution in [0.25, 0.3) is 0 Å². The van der Waals surface area contributed by atoms with E-state index in [0.717, 1.165) is 5.56 Å². The highest BCUT2D eigenvalue weighted by Crippen LogP contribution is 2.25. The first-order valence-corrected chi connectivity index (χ1v) is 6.35. The molecule has 1 aliphatic rings. The predicted molar refractivity (Wildman–Crippen MR) is 68.7 cm³/mol. The maximum absolute atomic E-state index is 11.3. The number of carboxylic acids is 2. The van der Waals surface area contributed by atoms with Gasteiger partial charge in [-0.3, -0.25) is 14.5 Å². The first kappa shape index (κ1) is 13.5. The normalized spacial score (nSPS) is 24.0. The van der Waals surface area contributed by atoms with Gasteiger partial charge in [0.25, 0.3) is 0 Å². The lowest BCUT2D eigenvalue weighted by atomic mass is 9.94. The van der Waals surface area contributed by atoms with Crippen molar-refractivity contribution in [3.8, 4) is 0 Å². The Morgan fingerprint density at radius 2 is 1.58 bits per heavy atom. The molecule has 0 amide bonds. The Labute approximate surface area is 111 Å². The molecule has 0 aromatic heterocycles. The lowest BCUT2D eigenvalue weighted by Crippen LogP contribution is -2.52. The number of nitrogens with zero attached hydrogens (tertiary/aromatic N) is 1. The van der Waals surface area contributed by atoms with Gasteiger partial charge in [-0.05, 0) is 24.8 Å². The Bertz CT molecular complexity index is 438. The van der Waals surface area contributed by atoms with Gasteiger partial charge in [-0.15, -0.1) is 0 Å². The number of benzene rings is 1. The molecular formula is C14H17NO4. The average molecular weight is 263 g/mol. The number of rotatable bonds is 4. The third-order valence-electron chi connectivity index (χ3n) is 3.53. The van der Waals surface area contributed by atoms with Crippen LogP contribution in [0, 0.1) is 0 Å². The lowest BCUT2D eigenvalue weighted by molar-refractivity contribution is -0.154. The summed E-state index contributed by atoms with van der Waals surface area (Å²) < 4.78 is 0. The molecule has 19 heavy (non-hydrogen) atoms. The quantitative estimate of drug-likeness (QED) is 0.862. The van der Waals surface area contributed by atoms with Crippen LogP contribution < -0.4 is 0 Å². The van der Waals surface area contributed by atoms with E-state index in [1.165, 1.54) is 0 Å². The third kappa shape index (κ3) is 3.12. The zero-order valence-electron chi connectivity index (χ0n) is 10.5. The van der Waals surface area contributed by atoms with Crippen LogP contribution in [-0.4, -0.2) is 39.1 Å². The van der Waals surface area contributed by atoms with Crippen LogP contribution in [0.15, 0.2) is 30.3 Å². The summed E-state index contributed by atoms with van der Waals surface area (Å²) in [5, 5.41) is 18.5. The molecular weight excluding hydrogens is 246 g/mol. The molecule has 1 saturated heterocycles. The summed E-state index contributed by atoms with van der Waals surface area (Å²) in [6.45, 7) is 0.356. The second-order valence-electron chi connectivity index (χ2n) is 4.80. The van der Waals surface area contributed by atoms with Crippen LogP contribution in [0.4, 0.5) is 0 Å². The van der Waals surface area contributed by atoms with Crippen molar-refractivity contribution in [1.29, 1.82) is 0 Å². The van der Waals surface area contributed by atoms with Crippen LogP contribution in [-0.2, 0) is 16.1 Å². The fraction of sp³-hybridized carbons (Fsp3) is 0.429. The van der Waals surface area contributed by atoms with E-state index in [0.29, 0.717) is 25.8 Å². The number of carboxylic acid groups (broad SMARTS) is 2. The molecule has 5 nitrogen and oxygen atoms in total. The molecule has 0 spiro atoms. The molecule has 2 rings (SSSR count). The van der Waals surface area contributed by atoms with Crippen molar-refractivity contribution in [2.45, 2.75) is 37.9 Å². The Hall–Kier alpha value is -1.88. The molecule has 0 bridgehead atoms. The number of likely N-dealkylation sites (tertiary alicyclic amines) is 1. The molecule has 1 aliphatic heterocycles. The maximum Gasteiger partial charge on any atom is 0.320 e. The Balaban J connectivity index is 2.22. The zero-order valence-corrected chi connectivity index (χ0v) is 10.5. The minimum absolute atomic E-state index is 0.356. The summed E-state index contributed by atoms with van der Waals surface area (Å²) in [6.07, 6.45) is 1.65. The van der Waals surface area contributed by atoms with Gasteiger partial charge in [-0.2, -0.15) is 0 Å². The van der Waals surface area contributed by atoms with Crippen molar-refractivity contribution in [3.63, 3.8) is 0 Å². The fourth-order valence-electron chi connectivity index (χ4n) is 2.60. The van der Waals surface area contributed by atoms with E-state index >= 15 is 0 Å². The van der Waals surface area contributed by atoms with Crippen molar-refractivity contribution in [2.24, 2.45) is 0 Å². The molecule has 5 heteroatoms. The molecule has 1 aromatic rings. The second-order valence-corrected chi connectivity index (χ2v) is 4.80. The number of hydrogen-bond acceptors (Lipinski definition) is 3. The van der Waals surface area contributed by atoms with Crippen LogP contribution in [0.1, 0.15) is 24.8 Å². The van der Waals surface area contributed by atoms with E-state index in [4.69, 9.17) is 0 Å². The number of carbonyl (C=O) groups is 2. The van der Waals surface area contributed by atoms with Crippen molar-refractivity contribution < 1.29 is 19.8 Å². The summed E-state index contributed by atoms with van der Waals surface area (Å²) in [5.41, 5.74) is 0.932. The highest BCUT2D eigenvalue weighted by atomic mass is 16.4. The SMILES string of the molecule is O=C(O)C1CCCC(C(=O)O)N1Cc1ccccc1. The molecule has 2 N–H and O–H groups in total. The van der Waals surface area contributed by atoms with Crippen molar-refractivity contribution in [2.75, 3.05) is 0 Å². The van der Waals surface area contributed by atoms with Crippen molar-refractivity contribution in [1.82, 2.24) is 4.90 Å². The van der Waals surface area contributed by atoms with E-state index in [1.54, 1.807) is 4.90 Å². The largest absolute Gasteiger partial charge is 0.480 e. The van der Waals surface area contributed by atoms with Gasteiger partial charge in [0.1, 0.15) is 12.1 Å². The van der Waals surface area contributed by atoms with Crippen molar-refractivity contribution >= 4 is 11.9 Å². The molecule has 0 radical (unpaired) electrons. The molecule has 0 aliphatic carbocycles. The maximum atomic E-state index is 11.3. The van der Waals surface area contributed by atoms with Gasteiger partial charge in [0.15, 0.2) is 0 Å². The molecule has 2 unspecified atom stereocenters. The van der Waals surface area contributed by atoms with E-state index in [-0.39, 0.29) is 0 Å². The molecule has 2 atom stereocenters. The molecule has 0 saturated carbocycles. The molecule has 1 aromatic carbocycles. The van der Waals surface area contributed by atoms with Gasteiger partial charge in [0.05, 0.1) is 0 Å². The Morgan fingerprint density at radius 3 is 2.05 bits per heavy atom. The van der Waals surface area contributed by atoms with Crippen LogP contribution in [0.3, 0.4) is 0 Å². The van der Waals surface area contributed by atoms with Gasteiger partial charge in [-0.25, -0.2) is 0 Å². The van der Waals surface area contributed by atoms with Gasteiger partial charge in [0.2, 0.25) is 0 Å². The van der Waals surface area contributed by atoms with E-state index in [9.17, 15) is 19.8 Å². The van der Waals surface area contributed by atoms with E-state index in [2.05, 4.69) is 0 Å². The van der Waals surface area contributed by atoms with E-state index < -0.39 is 24.0 Å². The molecule has 1 fully saturated rings. The summed E-state index contributed by atoms with van der Waals surface area (Å²) in [7, 11) is 0. The highest BCUT2D eigenvalue weighted by molar-refractivity contribution is 5.78. The van der Waals surface area contributed by atoms with Gasteiger partial charge in [0, 0.05) is 6.54 Å². The monoisotopic (exact) mass is 263 g/mol. The summed E-state index contributed by atoms with van der Waals surface area (Å²) in [4.78, 5) is 24.2. The summed E-state index contributed by atoms with van der Waals surface area (Å²) in [6, 6.07) is 7.95. The first-order valence-electron chi connectivity index (χ1n) is 6.35. The standard InChI is InChI=1S/C14H17NO4/c16-13(17)11-7-4-8-12(14(18)19)15(11)9-10-5-2-1-3-6-10/h1-3,5-6,11-12H,4,7-9H2,(H,16,17)(H,18,19). The predicted octanol–water partition coefficient (Wildman–Crippen LogP) is 1.58. The zero-order chi connectivity index (χ0) is 13.8. The van der Waals surface area contributed by atoms with Gasteiger partial charge in [-0.1, -0.05) is 30.3 Å².